The van der Waals surface area contributed by atoms with E-state index in [4.69, 9.17) is 4.98 Å². The van der Waals surface area contributed by atoms with Gasteiger partial charge >= 0.3 is 0 Å². The van der Waals surface area contributed by atoms with Crippen LogP contribution in [0.15, 0.2) is 95.9 Å². The Morgan fingerprint density at radius 1 is 0.900 bits per heavy atom. The first kappa shape index (κ1) is 19.3. The SMILES string of the molecule is N#C/C(=C\c1ccccc1)C(=O)Nc1ccc(-c2csc(-c3ccccc3)n2)cc1. The monoisotopic (exact) mass is 407 g/mol. The van der Waals surface area contributed by atoms with Crippen molar-refractivity contribution in [3.05, 3.63) is 101 Å². The first-order valence-electron chi connectivity index (χ1n) is 9.32. The molecule has 0 atom stereocenters. The van der Waals surface area contributed by atoms with Crippen molar-refractivity contribution in [2.45, 2.75) is 0 Å². The molecule has 1 amide bonds. The van der Waals surface area contributed by atoms with E-state index < -0.39 is 5.91 Å². The summed E-state index contributed by atoms with van der Waals surface area (Å²) >= 11 is 1.60. The fourth-order valence-corrected chi connectivity index (χ4v) is 3.74. The number of anilines is 1. The average molecular weight is 407 g/mol. The van der Waals surface area contributed by atoms with E-state index in [-0.39, 0.29) is 5.57 Å². The van der Waals surface area contributed by atoms with Gasteiger partial charge in [-0.1, -0.05) is 72.8 Å². The Labute approximate surface area is 178 Å². The van der Waals surface area contributed by atoms with Gasteiger partial charge in [-0.05, 0) is 23.8 Å². The van der Waals surface area contributed by atoms with Crippen molar-refractivity contribution in [3.8, 4) is 27.9 Å². The Bertz CT molecular complexity index is 1220. The Balaban J connectivity index is 1.48. The predicted octanol–water partition coefficient (Wildman–Crippen LogP) is 6.02. The lowest BCUT2D eigenvalue weighted by atomic mass is 10.1. The molecule has 0 spiro atoms. The highest BCUT2D eigenvalue weighted by Crippen LogP contribution is 2.29. The third kappa shape index (κ3) is 4.52. The van der Waals surface area contributed by atoms with E-state index in [9.17, 15) is 10.1 Å². The molecule has 0 saturated carbocycles. The van der Waals surface area contributed by atoms with Crippen LogP contribution in [-0.2, 0) is 4.79 Å². The fraction of sp³-hybridized carbons (Fsp3) is 0. The highest BCUT2D eigenvalue weighted by atomic mass is 32.1. The molecule has 1 N–H and O–H groups in total. The van der Waals surface area contributed by atoms with Crippen LogP contribution in [0.2, 0.25) is 0 Å². The molecule has 0 fully saturated rings. The number of hydrogen-bond donors (Lipinski definition) is 1. The molecule has 30 heavy (non-hydrogen) atoms. The smallest absolute Gasteiger partial charge is 0.266 e. The molecular weight excluding hydrogens is 390 g/mol. The number of thiazole rings is 1. The van der Waals surface area contributed by atoms with Gasteiger partial charge in [0, 0.05) is 22.2 Å². The Hall–Kier alpha value is -4.01. The molecule has 4 nitrogen and oxygen atoms in total. The van der Waals surface area contributed by atoms with Crippen LogP contribution in [0, 0.1) is 11.3 Å². The molecule has 1 aromatic heterocycles. The van der Waals surface area contributed by atoms with E-state index in [1.807, 2.05) is 96.4 Å². The number of rotatable bonds is 5. The van der Waals surface area contributed by atoms with Gasteiger partial charge in [0.25, 0.3) is 5.91 Å². The standard InChI is InChI=1S/C25H17N3OS/c26-16-21(15-18-7-3-1-4-8-18)24(29)27-22-13-11-19(12-14-22)23-17-30-25(28-23)20-9-5-2-6-10-20/h1-15,17H,(H,27,29)/b21-15+. The van der Waals surface area contributed by atoms with E-state index in [0.29, 0.717) is 5.69 Å². The Morgan fingerprint density at radius 3 is 2.23 bits per heavy atom. The number of nitrogens with one attached hydrogen (secondary N) is 1. The summed E-state index contributed by atoms with van der Waals surface area (Å²) in [7, 11) is 0. The zero-order valence-electron chi connectivity index (χ0n) is 15.9. The lowest BCUT2D eigenvalue weighted by Gasteiger charge is -2.05. The number of nitrogens with zero attached hydrogens (tertiary/aromatic N) is 2. The molecule has 0 unspecified atom stereocenters. The summed E-state index contributed by atoms with van der Waals surface area (Å²) in [5.41, 5.74) is 4.42. The van der Waals surface area contributed by atoms with Gasteiger partial charge < -0.3 is 5.32 Å². The van der Waals surface area contributed by atoms with Gasteiger partial charge in [0.1, 0.15) is 16.6 Å². The summed E-state index contributed by atoms with van der Waals surface area (Å²) in [6.45, 7) is 0. The zero-order chi connectivity index (χ0) is 20.8. The summed E-state index contributed by atoms with van der Waals surface area (Å²) in [6.07, 6.45) is 1.57. The highest BCUT2D eigenvalue weighted by molar-refractivity contribution is 7.13. The largest absolute Gasteiger partial charge is 0.321 e. The van der Waals surface area contributed by atoms with Crippen molar-refractivity contribution in [2.75, 3.05) is 5.32 Å². The molecule has 5 heteroatoms. The van der Waals surface area contributed by atoms with Crippen LogP contribution >= 0.6 is 11.3 Å². The van der Waals surface area contributed by atoms with Crippen LogP contribution in [0.1, 0.15) is 5.56 Å². The van der Waals surface area contributed by atoms with E-state index >= 15 is 0 Å². The summed E-state index contributed by atoms with van der Waals surface area (Å²) < 4.78 is 0. The van der Waals surface area contributed by atoms with Gasteiger partial charge in [0.2, 0.25) is 0 Å². The molecule has 0 radical (unpaired) electrons. The molecule has 144 valence electrons. The normalized spacial score (nSPS) is 11.0. The Kier molecular flexibility index (Phi) is 5.79. The molecule has 0 aliphatic carbocycles. The van der Waals surface area contributed by atoms with Crippen LogP contribution in [0.4, 0.5) is 5.69 Å². The number of carbonyl (C=O) groups is 1. The fourth-order valence-electron chi connectivity index (χ4n) is 2.91. The number of amides is 1. The van der Waals surface area contributed by atoms with E-state index in [0.717, 1.165) is 27.4 Å². The topological polar surface area (TPSA) is 65.8 Å². The van der Waals surface area contributed by atoms with Crippen molar-refractivity contribution < 1.29 is 4.79 Å². The second-order valence-electron chi connectivity index (χ2n) is 6.52. The number of benzene rings is 3. The van der Waals surface area contributed by atoms with Crippen LogP contribution in [0.25, 0.3) is 27.9 Å². The first-order chi connectivity index (χ1) is 14.7. The van der Waals surface area contributed by atoms with Gasteiger partial charge in [-0.3, -0.25) is 4.79 Å². The minimum Gasteiger partial charge on any atom is -0.321 e. The third-order valence-electron chi connectivity index (χ3n) is 4.44. The van der Waals surface area contributed by atoms with Crippen molar-refractivity contribution in [2.24, 2.45) is 0 Å². The van der Waals surface area contributed by atoms with Gasteiger partial charge in [-0.2, -0.15) is 5.26 Å². The van der Waals surface area contributed by atoms with Gasteiger partial charge in [0.05, 0.1) is 5.69 Å². The summed E-state index contributed by atoms with van der Waals surface area (Å²) in [5, 5.41) is 15.1. The average Bonchev–Trinajstić information content (AvgIpc) is 3.29. The molecule has 1 heterocycles. The van der Waals surface area contributed by atoms with E-state index in [1.165, 1.54) is 0 Å². The molecule has 0 saturated heterocycles. The second kappa shape index (κ2) is 8.99. The molecule has 4 rings (SSSR count). The number of hydrogen-bond acceptors (Lipinski definition) is 4. The Morgan fingerprint density at radius 2 is 1.57 bits per heavy atom. The minimum absolute atomic E-state index is 0.0530. The molecule has 0 aliphatic heterocycles. The van der Waals surface area contributed by atoms with Crippen LogP contribution in [-0.4, -0.2) is 10.9 Å². The second-order valence-corrected chi connectivity index (χ2v) is 7.37. The van der Waals surface area contributed by atoms with Crippen LogP contribution in [0.3, 0.4) is 0 Å². The van der Waals surface area contributed by atoms with E-state index in [1.54, 1.807) is 17.4 Å². The van der Waals surface area contributed by atoms with Gasteiger partial charge in [-0.25, -0.2) is 4.98 Å². The molecule has 0 bridgehead atoms. The van der Waals surface area contributed by atoms with Crippen molar-refractivity contribution in [1.29, 1.82) is 5.26 Å². The van der Waals surface area contributed by atoms with Crippen molar-refractivity contribution in [3.63, 3.8) is 0 Å². The lowest BCUT2D eigenvalue weighted by Crippen LogP contribution is -2.13. The summed E-state index contributed by atoms with van der Waals surface area (Å²) in [4.78, 5) is 17.2. The first-order valence-corrected chi connectivity index (χ1v) is 10.2. The van der Waals surface area contributed by atoms with Crippen molar-refractivity contribution in [1.82, 2.24) is 4.98 Å². The third-order valence-corrected chi connectivity index (χ3v) is 5.33. The molecule has 4 aromatic rings. The summed E-state index contributed by atoms with van der Waals surface area (Å²) in [5.74, 6) is -0.436. The number of carbonyl (C=O) groups excluding carboxylic acids is 1. The summed E-state index contributed by atoms with van der Waals surface area (Å²) in [6, 6.07) is 28.8. The maximum Gasteiger partial charge on any atom is 0.266 e. The molecule has 3 aromatic carbocycles. The van der Waals surface area contributed by atoms with Crippen LogP contribution < -0.4 is 5.32 Å². The molecule has 0 aliphatic rings. The maximum atomic E-state index is 12.5. The zero-order valence-corrected chi connectivity index (χ0v) is 16.8. The number of aromatic nitrogens is 1. The number of nitriles is 1. The highest BCUT2D eigenvalue weighted by Gasteiger charge is 2.11. The van der Waals surface area contributed by atoms with E-state index in [2.05, 4.69) is 5.32 Å². The predicted molar refractivity (Wildman–Crippen MR) is 122 cm³/mol. The molecular formula is C25H17N3OS. The lowest BCUT2D eigenvalue weighted by molar-refractivity contribution is -0.112. The van der Waals surface area contributed by atoms with Gasteiger partial charge in [-0.15, -0.1) is 11.3 Å². The minimum atomic E-state index is -0.436. The van der Waals surface area contributed by atoms with Gasteiger partial charge in [0.15, 0.2) is 0 Å². The van der Waals surface area contributed by atoms with Crippen LogP contribution in [0.5, 0.6) is 0 Å². The maximum absolute atomic E-state index is 12.5. The van der Waals surface area contributed by atoms with Crippen molar-refractivity contribution >= 4 is 29.0 Å². The quantitative estimate of drug-likeness (QED) is 0.325.